The number of nitrogens with zero attached hydrogens (tertiary/aromatic N) is 2. The van der Waals surface area contributed by atoms with Crippen molar-refractivity contribution < 1.29 is 9.63 Å². The fourth-order valence-corrected chi connectivity index (χ4v) is 2.63. The molecule has 0 atom stereocenters. The van der Waals surface area contributed by atoms with Crippen molar-refractivity contribution in [3.8, 4) is 0 Å². The van der Waals surface area contributed by atoms with E-state index in [2.05, 4.69) is 28.8 Å². The summed E-state index contributed by atoms with van der Waals surface area (Å²) in [5.74, 6) is -0.380. The van der Waals surface area contributed by atoms with Crippen LogP contribution < -0.4 is 0 Å². The maximum atomic E-state index is 10.8. The van der Waals surface area contributed by atoms with Gasteiger partial charge in [-0.2, -0.15) is 0 Å². The predicted octanol–water partition coefficient (Wildman–Crippen LogP) is 2.62. The third-order valence-electron chi connectivity index (χ3n) is 3.35. The fraction of sp³-hybridized carbons (Fsp3) is 0.286. The average Bonchev–Trinajstić information content (AvgIpc) is 2.89. The Kier molecular flexibility index (Phi) is 2.44. The maximum Gasteiger partial charge on any atom is 0.331 e. The molecule has 0 amide bonds. The molecule has 0 bridgehead atoms. The number of para-hydroxylation sites is 1. The van der Waals surface area contributed by atoms with Gasteiger partial charge in [0.1, 0.15) is 5.71 Å². The zero-order valence-electron chi connectivity index (χ0n) is 10.4. The van der Waals surface area contributed by atoms with Crippen molar-refractivity contribution in [3.05, 3.63) is 35.5 Å². The number of carbonyl (C=O) groups is 1. The summed E-state index contributed by atoms with van der Waals surface area (Å²) in [6.45, 7) is 4.34. The molecule has 0 saturated carbocycles. The fourth-order valence-electron chi connectivity index (χ4n) is 2.63. The summed E-state index contributed by atoms with van der Waals surface area (Å²) in [5, 5.41) is 5.21. The Morgan fingerprint density at radius 2 is 2.17 bits per heavy atom. The van der Waals surface area contributed by atoms with Crippen LogP contribution in [0.15, 0.2) is 29.4 Å². The van der Waals surface area contributed by atoms with E-state index in [1.54, 1.807) is 0 Å². The highest BCUT2D eigenvalue weighted by Crippen LogP contribution is 2.30. The number of oxime groups is 1. The third kappa shape index (κ3) is 1.53. The number of benzene rings is 1. The molecule has 0 radical (unpaired) electrons. The Morgan fingerprint density at radius 1 is 1.39 bits per heavy atom. The molecule has 1 aliphatic rings. The number of carbonyl (C=O) groups excluding carboxylic acids is 1. The minimum Gasteiger partial charge on any atom is -0.339 e. The van der Waals surface area contributed by atoms with Crippen LogP contribution in [-0.4, -0.2) is 16.2 Å². The van der Waals surface area contributed by atoms with Gasteiger partial charge in [0.05, 0.1) is 5.69 Å². The number of aryl methyl sites for hydroxylation is 2. The van der Waals surface area contributed by atoms with Gasteiger partial charge in [-0.05, 0) is 18.6 Å². The van der Waals surface area contributed by atoms with Crippen molar-refractivity contribution in [1.29, 1.82) is 0 Å². The second-order valence-corrected chi connectivity index (χ2v) is 4.51. The molecule has 2 aromatic rings. The van der Waals surface area contributed by atoms with E-state index in [1.807, 2.05) is 12.1 Å². The van der Waals surface area contributed by atoms with E-state index in [0.29, 0.717) is 0 Å². The van der Waals surface area contributed by atoms with Crippen molar-refractivity contribution in [3.63, 3.8) is 0 Å². The van der Waals surface area contributed by atoms with Gasteiger partial charge in [-0.15, -0.1) is 0 Å². The Bertz CT molecular complexity index is 668. The lowest BCUT2D eigenvalue weighted by molar-refractivity contribution is -0.140. The SMILES string of the molecule is CC(=O)O/N=C1/CCn2c1c(C)c1ccccc12. The molecule has 0 unspecified atom stereocenters. The largest absolute Gasteiger partial charge is 0.339 e. The van der Waals surface area contributed by atoms with Crippen molar-refractivity contribution in [2.75, 3.05) is 0 Å². The highest BCUT2D eigenvalue weighted by Gasteiger charge is 2.24. The van der Waals surface area contributed by atoms with Gasteiger partial charge in [0.2, 0.25) is 0 Å². The van der Waals surface area contributed by atoms with Gasteiger partial charge < -0.3 is 9.40 Å². The van der Waals surface area contributed by atoms with Gasteiger partial charge in [0.25, 0.3) is 0 Å². The number of aromatic nitrogens is 1. The van der Waals surface area contributed by atoms with Crippen LogP contribution in [0.2, 0.25) is 0 Å². The Balaban J connectivity index is 2.16. The molecule has 0 aliphatic carbocycles. The minimum atomic E-state index is -0.380. The molecular formula is C14H14N2O2. The maximum absolute atomic E-state index is 10.8. The van der Waals surface area contributed by atoms with Gasteiger partial charge in [-0.25, -0.2) is 4.79 Å². The summed E-state index contributed by atoms with van der Waals surface area (Å²) in [4.78, 5) is 15.6. The van der Waals surface area contributed by atoms with Crippen molar-refractivity contribution in [2.24, 2.45) is 5.16 Å². The van der Waals surface area contributed by atoms with Crippen molar-refractivity contribution >= 4 is 22.6 Å². The molecule has 1 aliphatic heterocycles. The summed E-state index contributed by atoms with van der Waals surface area (Å²) in [6, 6.07) is 8.30. The minimum absolute atomic E-state index is 0.380. The highest BCUT2D eigenvalue weighted by molar-refractivity contribution is 6.07. The molecule has 4 nitrogen and oxygen atoms in total. The Labute approximate surface area is 105 Å². The summed E-state index contributed by atoms with van der Waals surface area (Å²) in [7, 11) is 0. The lowest BCUT2D eigenvalue weighted by Crippen LogP contribution is -2.01. The third-order valence-corrected chi connectivity index (χ3v) is 3.35. The Morgan fingerprint density at radius 3 is 2.94 bits per heavy atom. The van der Waals surface area contributed by atoms with E-state index in [4.69, 9.17) is 4.84 Å². The molecule has 0 N–H and O–H groups in total. The van der Waals surface area contributed by atoms with E-state index >= 15 is 0 Å². The molecular weight excluding hydrogens is 228 g/mol. The van der Waals surface area contributed by atoms with Crippen molar-refractivity contribution in [2.45, 2.75) is 26.8 Å². The topological polar surface area (TPSA) is 43.6 Å². The first kappa shape index (κ1) is 11.0. The number of rotatable bonds is 1. The quantitative estimate of drug-likeness (QED) is 0.570. The van der Waals surface area contributed by atoms with Crippen LogP contribution in [-0.2, 0) is 16.2 Å². The molecule has 92 valence electrons. The first-order valence-electron chi connectivity index (χ1n) is 6.01. The average molecular weight is 242 g/mol. The van der Waals surface area contributed by atoms with Crippen LogP contribution in [0.5, 0.6) is 0 Å². The van der Waals surface area contributed by atoms with Gasteiger partial charge >= 0.3 is 5.97 Å². The first-order chi connectivity index (χ1) is 8.68. The van der Waals surface area contributed by atoms with Crippen LogP contribution in [0.3, 0.4) is 0 Å². The molecule has 0 saturated heterocycles. The summed E-state index contributed by atoms with van der Waals surface area (Å²) >= 11 is 0. The zero-order chi connectivity index (χ0) is 12.7. The van der Waals surface area contributed by atoms with E-state index in [0.717, 1.165) is 24.4 Å². The van der Waals surface area contributed by atoms with Crippen molar-refractivity contribution in [1.82, 2.24) is 4.57 Å². The van der Waals surface area contributed by atoms with E-state index < -0.39 is 0 Å². The lowest BCUT2D eigenvalue weighted by Gasteiger charge is -1.98. The summed E-state index contributed by atoms with van der Waals surface area (Å²) < 4.78 is 2.24. The zero-order valence-corrected chi connectivity index (χ0v) is 10.4. The van der Waals surface area contributed by atoms with Gasteiger partial charge in [-0.1, -0.05) is 23.4 Å². The number of hydrogen-bond acceptors (Lipinski definition) is 3. The summed E-state index contributed by atoms with van der Waals surface area (Å²) in [5.41, 5.74) is 4.38. The van der Waals surface area contributed by atoms with Crippen LogP contribution in [0.4, 0.5) is 0 Å². The smallest absolute Gasteiger partial charge is 0.331 e. The van der Waals surface area contributed by atoms with Gasteiger partial charge in [0.15, 0.2) is 0 Å². The monoisotopic (exact) mass is 242 g/mol. The van der Waals surface area contributed by atoms with E-state index in [9.17, 15) is 4.79 Å². The molecule has 2 heterocycles. The molecule has 1 aromatic carbocycles. The molecule has 18 heavy (non-hydrogen) atoms. The second-order valence-electron chi connectivity index (χ2n) is 4.51. The standard InChI is InChI=1S/C14H14N2O2/c1-9-11-5-3-4-6-13(11)16-8-7-12(14(9)16)15-18-10(2)17/h3-6H,7-8H2,1-2H3/b15-12-. The predicted molar refractivity (Wildman–Crippen MR) is 69.6 cm³/mol. The van der Waals surface area contributed by atoms with Crippen LogP contribution >= 0.6 is 0 Å². The number of fused-ring (bicyclic) bond motifs is 3. The van der Waals surface area contributed by atoms with E-state index in [-0.39, 0.29) is 5.97 Å². The van der Waals surface area contributed by atoms with E-state index in [1.165, 1.54) is 23.4 Å². The van der Waals surface area contributed by atoms with Crippen LogP contribution in [0, 0.1) is 6.92 Å². The van der Waals surface area contributed by atoms with Gasteiger partial charge in [0, 0.05) is 30.8 Å². The molecule has 0 fully saturated rings. The van der Waals surface area contributed by atoms with Gasteiger partial charge in [-0.3, -0.25) is 0 Å². The highest BCUT2D eigenvalue weighted by atomic mass is 16.7. The Hall–Kier alpha value is -2.10. The normalized spacial score (nSPS) is 16.2. The summed E-state index contributed by atoms with van der Waals surface area (Å²) in [6.07, 6.45) is 0.814. The van der Waals surface area contributed by atoms with Crippen LogP contribution in [0.25, 0.3) is 10.9 Å². The molecule has 1 aromatic heterocycles. The van der Waals surface area contributed by atoms with Crippen LogP contribution in [0.1, 0.15) is 24.6 Å². The lowest BCUT2D eigenvalue weighted by atomic mass is 10.1. The molecule has 3 rings (SSSR count). The molecule has 4 heteroatoms. The number of hydrogen-bond donors (Lipinski definition) is 0. The first-order valence-corrected chi connectivity index (χ1v) is 6.01. The molecule has 0 spiro atoms. The second kappa shape index (κ2) is 3.98.